The molecule has 1 N–H and O–H groups in total. The minimum Gasteiger partial charge on any atom is -0.481 e. The van der Waals surface area contributed by atoms with E-state index in [0.29, 0.717) is 40.3 Å². The average molecular weight is 502 g/mol. The lowest BCUT2D eigenvalue weighted by molar-refractivity contribution is -0.137. The van der Waals surface area contributed by atoms with Crippen LogP contribution in [0.2, 0.25) is 0 Å². The summed E-state index contributed by atoms with van der Waals surface area (Å²) >= 11 is 0. The lowest BCUT2D eigenvalue weighted by atomic mass is 10.0. The number of aromatic nitrogens is 2. The van der Waals surface area contributed by atoms with E-state index in [-0.39, 0.29) is 11.9 Å². The molecule has 0 fully saturated rings. The van der Waals surface area contributed by atoms with Crippen molar-refractivity contribution in [1.29, 1.82) is 0 Å². The molecule has 0 aliphatic rings. The van der Waals surface area contributed by atoms with E-state index in [1.54, 1.807) is 59.3 Å². The number of aliphatic carboxylic acids is 1. The van der Waals surface area contributed by atoms with Crippen molar-refractivity contribution < 1.29 is 27.8 Å². The van der Waals surface area contributed by atoms with Crippen LogP contribution in [0.5, 0.6) is 11.5 Å². The number of hydrogen-bond acceptors (Lipinski definition) is 3. The van der Waals surface area contributed by atoms with Crippen LogP contribution in [0, 0.1) is 0 Å². The van der Waals surface area contributed by atoms with Gasteiger partial charge in [-0.1, -0.05) is 54.6 Å². The Bertz CT molecular complexity index is 1560. The number of ether oxygens (including phenoxy) is 1. The molecule has 5 nitrogen and oxygen atoms in total. The van der Waals surface area contributed by atoms with Gasteiger partial charge in [0.25, 0.3) is 0 Å². The van der Waals surface area contributed by atoms with Crippen molar-refractivity contribution in [2.75, 3.05) is 0 Å². The van der Waals surface area contributed by atoms with Crippen LogP contribution >= 0.6 is 0 Å². The van der Waals surface area contributed by atoms with Crippen LogP contribution in [0.15, 0.2) is 97.1 Å². The number of fused-ring (bicyclic) bond motifs is 1. The van der Waals surface area contributed by atoms with E-state index in [1.807, 2.05) is 30.3 Å². The minimum atomic E-state index is -4.53. The molecular weight excluding hydrogens is 481 g/mol. The molecule has 0 unspecified atom stereocenters. The van der Waals surface area contributed by atoms with E-state index < -0.39 is 17.7 Å². The lowest BCUT2D eigenvalue weighted by Crippen LogP contribution is -2.06. The first-order chi connectivity index (χ1) is 17.8. The minimum absolute atomic E-state index is 0.100. The summed E-state index contributed by atoms with van der Waals surface area (Å²) in [5.74, 6) is 0.0565. The highest BCUT2D eigenvalue weighted by atomic mass is 19.4. The van der Waals surface area contributed by atoms with Gasteiger partial charge < -0.3 is 9.84 Å². The molecular formula is C29H21F3N2O3. The van der Waals surface area contributed by atoms with Crippen molar-refractivity contribution in [2.45, 2.75) is 19.1 Å². The number of rotatable bonds is 7. The highest BCUT2D eigenvalue weighted by molar-refractivity contribution is 5.95. The maximum Gasteiger partial charge on any atom is 0.418 e. The molecule has 0 saturated heterocycles. The predicted molar refractivity (Wildman–Crippen MR) is 134 cm³/mol. The first-order valence-electron chi connectivity index (χ1n) is 11.5. The third kappa shape index (κ3) is 5.33. The third-order valence-electron chi connectivity index (χ3n) is 5.87. The second-order valence-electron chi connectivity index (χ2n) is 8.54. The first kappa shape index (κ1) is 24.1. The fourth-order valence-electron chi connectivity index (χ4n) is 4.27. The van der Waals surface area contributed by atoms with Crippen molar-refractivity contribution in [3.63, 3.8) is 0 Å². The third-order valence-corrected chi connectivity index (χ3v) is 5.87. The molecule has 0 amide bonds. The summed E-state index contributed by atoms with van der Waals surface area (Å²) in [6.07, 6.45) is -4.65. The Morgan fingerprint density at radius 1 is 0.838 bits per heavy atom. The summed E-state index contributed by atoms with van der Waals surface area (Å²) < 4.78 is 48.7. The topological polar surface area (TPSA) is 64.3 Å². The van der Waals surface area contributed by atoms with Gasteiger partial charge in [-0.05, 0) is 53.6 Å². The molecule has 0 bridgehead atoms. The molecule has 0 atom stereocenters. The van der Waals surface area contributed by atoms with Gasteiger partial charge in [0.1, 0.15) is 17.0 Å². The molecule has 1 heterocycles. The standard InChI is InChI=1S/C29H21F3N2O3/c30-29(31,32)25-11-5-10-24-27(25)33-34(18-19-6-2-1-3-7-19)28(24)21-12-14-22(15-13-21)37-23-9-4-8-20(16-23)17-26(35)36/h1-16H,17-18H2,(H,35,36). The van der Waals surface area contributed by atoms with Gasteiger partial charge in [0, 0.05) is 10.9 Å². The van der Waals surface area contributed by atoms with Crippen molar-refractivity contribution in [3.05, 3.63) is 114 Å². The van der Waals surface area contributed by atoms with Crippen molar-refractivity contribution in [1.82, 2.24) is 9.78 Å². The van der Waals surface area contributed by atoms with Gasteiger partial charge in [0.2, 0.25) is 0 Å². The molecule has 5 aromatic rings. The molecule has 186 valence electrons. The van der Waals surface area contributed by atoms with Crippen LogP contribution in [0.3, 0.4) is 0 Å². The summed E-state index contributed by atoms with van der Waals surface area (Å²) in [5, 5.41) is 13.8. The number of hydrogen-bond donors (Lipinski definition) is 1. The molecule has 0 radical (unpaired) electrons. The molecule has 0 spiro atoms. The van der Waals surface area contributed by atoms with Crippen molar-refractivity contribution in [2.24, 2.45) is 0 Å². The quantitative estimate of drug-likeness (QED) is 0.256. The summed E-state index contributed by atoms with van der Waals surface area (Å²) in [4.78, 5) is 11.0. The Hall–Kier alpha value is -4.59. The van der Waals surface area contributed by atoms with Crippen molar-refractivity contribution in [3.8, 4) is 22.8 Å². The van der Waals surface area contributed by atoms with Gasteiger partial charge in [0.15, 0.2) is 0 Å². The van der Waals surface area contributed by atoms with Gasteiger partial charge in [-0.25, -0.2) is 0 Å². The van der Waals surface area contributed by atoms with Crippen LogP contribution in [-0.2, 0) is 23.9 Å². The number of nitrogens with zero attached hydrogens (tertiary/aromatic N) is 2. The maximum absolute atomic E-state index is 13.7. The van der Waals surface area contributed by atoms with Crippen LogP contribution in [0.1, 0.15) is 16.7 Å². The van der Waals surface area contributed by atoms with Crippen LogP contribution in [0.4, 0.5) is 13.2 Å². The molecule has 5 rings (SSSR count). The van der Waals surface area contributed by atoms with Crippen LogP contribution < -0.4 is 4.74 Å². The van der Waals surface area contributed by atoms with Crippen LogP contribution in [-0.4, -0.2) is 20.9 Å². The number of halogens is 3. The fourth-order valence-corrected chi connectivity index (χ4v) is 4.27. The van der Waals surface area contributed by atoms with E-state index in [9.17, 15) is 18.0 Å². The van der Waals surface area contributed by atoms with E-state index in [2.05, 4.69) is 5.10 Å². The summed E-state index contributed by atoms with van der Waals surface area (Å²) in [6.45, 7) is 0.302. The van der Waals surface area contributed by atoms with Crippen LogP contribution in [0.25, 0.3) is 22.2 Å². The van der Waals surface area contributed by atoms with E-state index in [0.717, 1.165) is 11.6 Å². The zero-order chi connectivity index (χ0) is 26.0. The Labute approximate surface area is 210 Å². The molecule has 8 heteroatoms. The zero-order valence-electron chi connectivity index (χ0n) is 19.4. The number of carboxylic acids is 1. The van der Waals surface area contributed by atoms with E-state index >= 15 is 0 Å². The van der Waals surface area contributed by atoms with Gasteiger partial charge in [-0.15, -0.1) is 0 Å². The molecule has 4 aromatic carbocycles. The SMILES string of the molecule is O=C(O)Cc1cccc(Oc2ccc(-c3c4cccc(C(F)(F)F)c4nn3Cc3ccccc3)cc2)c1. The first-order valence-corrected chi connectivity index (χ1v) is 11.5. The Kier molecular flexibility index (Phi) is 6.40. The largest absolute Gasteiger partial charge is 0.481 e. The van der Waals surface area contributed by atoms with Gasteiger partial charge in [-0.3, -0.25) is 9.48 Å². The average Bonchev–Trinajstić information content (AvgIpc) is 3.22. The fraction of sp³-hybridized carbons (Fsp3) is 0.103. The van der Waals surface area contributed by atoms with Gasteiger partial charge in [0.05, 0.1) is 24.2 Å². The summed E-state index contributed by atoms with van der Waals surface area (Å²) in [6, 6.07) is 27.3. The normalized spacial score (nSPS) is 11.5. The highest BCUT2D eigenvalue weighted by Crippen LogP contribution is 2.38. The van der Waals surface area contributed by atoms with Gasteiger partial charge >= 0.3 is 12.1 Å². The number of carboxylic acid groups (broad SMARTS) is 1. The monoisotopic (exact) mass is 502 g/mol. The number of carbonyl (C=O) groups is 1. The summed E-state index contributed by atoms with van der Waals surface area (Å²) in [7, 11) is 0. The lowest BCUT2D eigenvalue weighted by Gasteiger charge is -2.11. The molecule has 1 aromatic heterocycles. The molecule has 0 aliphatic heterocycles. The second kappa shape index (κ2) is 9.81. The Balaban J connectivity index is 1.53. The second-order valence-corrected chi connectivity index (χ2v) is 8.54. The maximum atomic E-state index is 13.7. The Morgan fingerprint density at radius 2 is 1.54 bits per heavy atom. The smallest absolute Gasteiger partial charge is 0.418 e. The van der Waals surface area contributed by atoms with Crippen molar-refractivity contribution >= 4 is 16.9 Å². The van der Waals surface area contributed by atoms with E-state index in [1.165, 1.54) is 6.07 Å². The number of benzene rings is 4. The molecule has 0 saturated carbocycles. The molecule has 0 aliphatic carbocycles. The molecule has 37 heavy (non-hydrogen) atoms. The van der Waals surface area contributed by atoms with E-state index in [4.69, 9.17) is 9.84 Å². The predicted octanol–water partition coefficient (Wildman–Crippen LogP) is 7.19. The zero-order valence-corrected chi connectivity index (χ0v) is 19.4. The number of alkyl halides is 3. The van der Waals surface area contributed by atoms with Gasteiger partial charge in [-0.2, -0.15) is 18.3 Å². The highest BCUT2D eigenvalue weighted by Gasteiger charge is 2.34. The Morgan fingerprint density at radius 3 is 2.24 bits per heavy atom. The summed E-state index contributed by atoms with van der Waals surface area (Å²) in [5.41, 5.74) is 1.89.